The van der Waals surface area contributed by atoms with E-state index in [1.54, 1.807) is 12.1 Å². The van der Waals surface area contributed by atoms with Gasteiger partial charge in [-0.3, -0.25) is 20.2 Å². The molecule has 0 bridgehead atoms. The number of rotatable bonds is 3. The molecule has 9 heteroatoms. The number of nitro benzene ring substituents is 1. The van der Waals surface area contributed by atoms with Crippen LogP contribution in [0.15, 0.2) is 46.9 Å². The summed E-state index contributed by atoms with van der Waals surface area (Å²) in [6.07, 6.45) is 0. The maximum Gasteiger partial charge on any atom is 0.270 e. The first-order valence-corrected chi connectivity index (χ1v) is 8.46. The summed E-state index contributed by atoms with van der Waals surface area (Å²) < 4.78 is 1.49. The Morgan fingerprint density at radius 2 is 1.87 bits per heavy atom. The smallest absolute Gasteiger partial charge is 0.270 e. The van der Waals surface area contributed by atoms with Crippen molar-refractivity contribution in [3.05, 3.63) is 66.2 Å². The molecule has 118 valence electrons. The van der Waals surface area contributed by atoms with Crippen LogP contribution in [-0.2, 0) is 0 Å². The van der Waals surface area contributed by atoms with Crippen molar-refractivity contribution in [1.29, 1.82) is 0 Å². The number of carbonyl (C=O) groups is 1. The van der Waals surface area contributed by atoms with Crippen LogP contribution in [0.4, 0.5) is 11.4 Å². The zero-order chi connectivity index (χ0) is 17.0. The van der Waals surface area contributed by atoms with E-state index in [0.717, 1.165) is 3.57 Å². The van der Waals surface area contributed by atoms with Crippen LogP contribution in [0.25, 0.3) is 0 Å². The molecule has 0 saturated heterocycles. The molecule has 0 radical (unpaired) electrons. The molecule has 0 heterocycles. The minimum Gasteiger partial charge on any atom is -0.331 e. The van der Waals surface area contributed by atoms with Crippen LogP contribution in [0.3, 0.4) is 0 Å². The van der Waals surface area contributed by atoms with Gasteiger partial charge in [-0.2, -0.15) is 0 Å². The van der Waals surface area contributed by atoms with Gasteiger partial charge in [0.15, 0.2) is 5.11 Å². The third-order valence-corrected chi connectivity index (χ3v) is 4.32. The number of non-ortho nitro benzene ring substituents is 1. The van der Waals surface area contributed by atoms with E-state index in [4.69, 9.17) is 12.2 Å². The van der Waals surface area contributed by atoms with Gasteiger partial charge in [-0.1, -0.05) is 0 Å². The molecule has 2 N–H and O–H groups in total. The van der Waals surface area contributed by atoms with Crippen molar-refractivity contribution in [2.24, 2.45) is 0 Å². The van der Waals surface area contributed by atoms with Crippen molar-refractivity contribution < 1.29 is 9.72 Å². The molecule has 0 aliphatic rings. The first-order chi connectivity index (χ1) is 10.9. The van der Waals surface area contributed by atoms with Crippen molar-refractivity contribution in [3.8, 4) is 0 Å². The molecular formula is C14H9BrIN3O3S. The summed E-state index contributed by atoms with van der Waals surface area (Å²) in [5.41, 5.74) is 0.956. The number of hydrogen-bond acceptors (Lipinski definition) is 4. The van der Waals surface area contributed by atoms with E-state index in [-0.39, 0.29) is 16.7 Å². The quantitative estimate of drug-likeness (QED) is 0.284. The third-order valence-electron chi connectivity index (χ3n) is 2.75. The molecule has 23 heavy (non-hydrogen) atoms. The van der Waals surface area contributed by atoms with E-state index < -0.39 is 4.92 Å². The monoisotopic (exact) mass is 505 g/mol. The maximum atomic E-state index is 12.0. The Morgan fingerprint density at radius 3 is 2.43 bits per heavy atom. The fraction of sp³-hybridized carbons (Fsp3) is 0. The van der Waals surface area contributed by atoms with Crippen LogP contribution in [0.5, 0.6) is 0 Å². The molecule has 2 rings (SSSR count). The number of anilines is 1. The first-order valence-electron chi connectivity index (χ1n) is 6.18. The fourth-order valence-corrected chi connectivity index (χ4v) is 2.68. The van der Waals surface area contributed by atoms with Crippen LogP contribution in [0, 0.1) is 13.7 Å². The third kappa shape index (κ3) is 4.94. The summed E-state index contributed by atoms with van der Waals surface area (Å²) in [7, 11) is 0. The van der Waals surface area contributed by atoms with Gasteiger partial charge in [0.05, 0.1) is 10.6 Å². The summed E-state index contributed by atoms with van der Waals surface area (Å²) in [4.78, 5) is 22.2. The summed E-state index contributed by atoms with van der Waals surface area (Å²) in [5.74, 6) is -0.336. The highest BCUT2D eigenvalue weighted by Crippen LogP contribution is 2.27. The van der Waals surface area contributed by atoms with Gasteiger partial charge >= 0.3 is 0 Å². The zero-order valence-electron chi connectivity index (χ0n) is 11.4. The van der Waals surface area contributed by atoms with E-state index in [1.807, 2.05) is 12.1 Å². The van der Waals surface area contributed by atoms with E-state index in [9.17, 15) is 14.9 Å². The minimum atomic E-state index is -0.495. The Hall–Kier alpha value is -1.59. The number of nitrogens with zero attached hydrogens (tertiary/aromatic N) is 1. The van der Waals surface area contributed by atoms with E-state index >= 15 is 0 Å². The lowest BCUT2D eigenvalue weighted by molar-refractivity contribution is -0.384. The number of carbonyl (C=O) groups excluding carboxylic acids is 1. The van der Waals surface area contributed by atoms with Crippen LogP contribution in [-0.4, -0.2) is 15.9 Å². The molecule has 0 aliphatic carbocycles. The zero-order valence-corrected chi connectivity index (χ0v) is 15.9. The molecule has 6 nitrogen and oxygen atoms in total. The van der Waals surface area contributed by atoms with Crippen molar-refractivity contribution in [3.63, 3.8) is 0 Å². The van der Waals surface area contributed by atoms with Crippen molar-refractivity contribution >= 4 is 73.1 Å². The number of amides is 1. The molecule has 0 saturated carbocycles. The van der Waals surface area contributed by atoms with Gasteiger partial charge in [0, 0.05) is 25.7 Å². The Labute approximate surface area is 159 Å². The number of nitrogens with one attached hydrogen (secondary N) is 2. The average Bonchev–Trinajstić information content (AvgIpc) is 2.49. The first kappa shape index (κ1) is 17.8. The lowest BCUT2D eigenvalue weighted by atomic mass is 10.2. The predicted octanol–water partition coefficient (Wildman–Crippen LogP) is 4.09. The molecule has 2 aromatic carbocycles. The van der Waals surface area contributed by atoms with Gasteiger partial charge in [0.2, 0.25) is 0 Å². The van der Waals surface area contributed by atoms with Crippen LogP contribution in [0.2, 0.25) is 0 Å². The Balaban J connectivity index is 2.03. The molecule has 0 atom stereocenters. The van der Waals surface area contributed by atoms with Gasteiger partial charge in [0.1, 0.15) is 0 Å². The molecule has 0 spiro atoms. The standard InChI is InChI=1S/C14H9BrIN3O3S/c15-11-7-10(19(21)22)5-6-12(11)17-14(23)18-13(20)8-1-3-9(16)4-2-8/h1-7H,(H2,17,18,20,23). The molecule has 2 aromatic rings. The fourth-order valence-electron chi connectivity index (χ4n) is 1.65. The number of benzene rings is 2. The lowest BCUT2D eigenvalue weighted by Gasteiger charge is -2.11. The molecule has 0 fully saturated rings. The highest BCUT2D eigenvalue weighted by atomic mass is 127. The normalized spacial score (nSPS) is 10.0. The van der Waals surface area contributed by atoms with Gasteiger partial charge in [-0.15, -0.1) is 0 Å². The van der Waals surface area contributed by atoms with Crippen molar-refractivity contribution in [2.45, 2.75) is 0 Å². The van der Waals surface area contributed by atoms with E-state index in [2.05, 4.69) is 49.2 Å². The summed E-state index contributed by atoms with van der Waals surface area (Å²) >= 11 is 10.5. The largest absolute Gasteiger partial charge is 0.331 e. The highest BCUT2D eigenvalue weighted by Gasteiger charge is 2.12. The molecule has 0 aromatic heterocycles. The SMILES string of the molecule is O=C(NC(=S)Nc1ccc([N+](=O)[O-])cc1Br)c1ccc(I)cc1. The van der Waals surface area contributed by atoms with Gasteiger partial charge in [-0.05, 0) is 81.1 Å². The molecule has 1 amide bonds. The summed E-state index contributed by atoms with van der Waals surface area (Å²) in [5, 5.41) is 16.2. The molecule has 0 aliphatic heterocycles. The van der Waals surface area contributed by atoms with Crippen LogP contribution < -0.4 is 10.6 Å². The van der Waals surface area contributed by atoms with Gasteiger partial charge in [-0.25, -0.2) is 0 Å². The van der Waals surface area contributed by atoms with Crippen LogP contribution >= 0.6 is 50.7 Å². The number of hydrogen-bond donors (Lipinski definition) is 2. The van der Waals surface area contributed by atoms with E-state index in [0.29, 0.717) is 15.7 Å². The predicted molar refractivity (Wildman–Crippen MR) is 104 cm³/mol. The number of thiocarbonyl (C=S) groups is 1. The number of nitro groups is 1. The maximum absolute atomic E-state index is 12.0. The van der Waals surface area contributed by atoms with Gasteiger partial charge in [0.25, 0.3) is 11.6 Å². The minimum absolute atomic E-state index is 0.0451. The second-order valence-electron chi connectivity index (χ2n) is 4.34. The van der Waals surface area contributed by atoms with Crippen molar-refractivity contribution in [1.82, 2.24) is 5.32 Å². The molecular weight excluding hydrogens is 497 g/mol. The Bertz CT molecular complexity index is 783. The number of halogens is 2. The Kier molecular flexibility index (Phi) is 6.02. The topological polar surface area (TPSA) is 84.3 Å². The van der Waals surface area contributed by atoms with Gasteiger partial charge < -0.3 is 5.32 Å². The highest BCUT2D eigenvalue weighted by molar-refractivity contribution is 14.1. The second-order valence-corrected chi connectivity index (χ2v) is 6.84. The van der Waals surface area contributed by atoms with E-state index in [1.165, 1.54) is 18.2 Å². The second kappa shape index (κ2) is 7.79. The Morgan fingerprint density at radius 1 is 1.22 bits per heavy atom. The van der Waals surface area contributed by atoms with Crippen LogP contribution in [0.1, 0.15) is 10.4 Å². The summed E-state index contributed by atoms with van der Waals surface area (Å²) in [6.45, 7) is 0. The summed E-state index contributed by atoms with van der Waals surface area (Å²) in [6, 6.07) is 11.2. The lowest BCUT2D eigenvalue weighted by Crippen LogP contribution is -2.34. The molecule has 0 unspecified atom stereocenters. The van der Waals surface area contributed by atoms with Crippen molar-refractivity contribution in [2.75, 3.05) is 5.32 Å². The average molecular weight is 506 g/mol.